The molecule has 0 N–H and O–H groups in total. The molecule has 0 saturated carbocycles. The van der Waals surface area contributed by atoms with Crippen molar-refractivity contribution >= 4 is 21.6 Å². The van der Waals surface area contributed by atoms with Gasteiger partial charge in [0.2, 0.25) is 10.0 Å². The molecule has 0 aromatic heterocycles. The first-order valence-electron chi connectivity index (χ1n) is 10.2. The molecule has 1 atom stereocenters. The molecule has 2 aromatic rings. The van der Waals surface area contributed by atoms with Crippen LogP contribution >= 0.6 is 0 Å². The van der Waals surface area contributed by atoms with Gasteiger partial charge >= 0.3 is 0 Å². The Bertz CT molecular complexity index is 1090. The SMILES string of the molecule is Cc1ccc(S(=O)(=O)N2CCCCC2)cc1C(=O)N(C)C(C)c1cccc([N+](=O)[O-])c1. The molecule has 0 spiro atoms. The Hall–Kier alpha value is -2.78. The topological polar surface area (TPSA) is 101 Å². The fourth-order valence-electron chi connectivity index (χ4n) is 3.73. The highest BCUT2D eigenvalue weighted by Crippen LogP contribution is 2.27. The van der Waals surface area contributed by atoms with Gasteiger partial charge in [-0.05, 0) is 49.9 Å². The number of nitro benzene ring substituents is 1. The molecule has 2 aromatic carbocycles. The Morgan fingerprint density at radius 1 is 1.13 bits per heavy atom. The summed E-state index contributed by atoms with van der Waals surface area (Å²) < 4.78 is 27.6. The largest absolute Gasteiger partial charge is 0.335 e. The zero-order valence-electron chi connectivity index (χ0n) is 17.9. The highest BCUT2D eigenvalue weighted by Gasteiger charge is 2.28. The average Bonchev–Trinajstić information content (AvgIpc) is 2.78. The number of rotatable bonds is 6. The highest BCUT2D eigenvalue weighted by atomic mass is 32.2. The number of aryl methyl sites for hydroxylation is 1. The van der Waals surface area contributed by atoms with E-state index in [0.717, 1.165) is 19.3 Å². The zero-order valence-corrected chi connectivity index (χ0v) is 18.8. The molecule has 3 rings (SSSR count). The first-order valence-corrected chi connectivity index (χ1v) is 11.7. The predicted molar refractivity (Wildman–Crippen MR) is 117 cm³/mol. The van der Waals surface area contributed by atoms with Crippen molar-refractivity contribution in [2.24, 2.45) is 0 Å². The second kappa shape index (κ2) is 9.15. The summed E-state index contributed by atoms with van der Waals surface area (Å²) in [7, 11) is -2.05. The van der Waals surface area contributed by atoms with Gasteiger partial charge in [-0.15, -0.1) is 0 Å². The maximum absolute atomic E-state index is 13.2. The van der Waals surface area contributed by atoms with Crippen molar-refractivity contribution in [3.05, 3.63) is 69.3 Å². The van der Waals surface area contributed by atoms with E-state index >= 15 is 0 Å². The molecule has 1 aliphatic rings. The van der Waals surface area contributed by atoms with Gasteiger partial charge in [-0.3, -0.25) is 14.9 Å². The average molecular weight is 446 g/mol. The van der Waals surface area contributed by atoms with Crippen LogP contribution in [0.3, 0.4) is 0 Å². The van der Waals surface area contributed by atoms with Crippen LogP contribution in [0.15, 0.2) is 47.4 Å². The number of benzene rings is 2. The van der Waals surface area contributed by atoms with Gasteiger partial charge in [0.05, 0.1) is 15.9 Å². The lowest BCUT2D eigenvalue weighted by molar-refractivity contribution is -0.384. The van der Waals surface area contributed by atoms with Gasteiger partial charge in [0, 0.05) is 37.8 Å². The molecular weight excluding hydrogens is 418 g/mol. The number of piperidine rings is 1. The van der Waals surface area contributed by atoms with Gasteiger partial charge in [-0.2, -0.15) is 4.31 Å². The van der Waals surface area contributed by atoms with Gasteiger partial charge < -0.3 is 4.90 Å². The van der Waals surface area contributed by atoms with Crippen molar-refractivity contribution < 1.29 is 18.1 Å². The van der Waals surface area contributed by atoms with E-state index < -0.39 is 21.0 Å². The van der Waals surface area contributed by atoms with Crippen LogP contribution < -0.4 is 0 Å². The van der Waals surface area contributed by atoms with Gasteiger partial charge in [0.25, 0.3) is 11.6 Å². The minimum Gasteiger partial charge on any atom is -0.335 e. The molecule has 1 saturated heterocycles. The number of hydrogen-bond acceptors (Lipinski definition) is 5. The molecule has 0 bridgehead atoms. The molecule has 31 heavy (non-hydrogen) atoms. The predicted octanol–water partition coefficient (Wildman–Crippen LogP) is 3.91. The number of hydrogen-bond donors (Lipinski definition) is 0. The number of carbonyl (C=O) groups excluding carboxylic acids is 1. The number of nitrogens with zero attached hydrogens (tertiary/aromatic N) is 3. The maximum Gasteiger partial charge on any atom is 0.269 e. The van der Waals surface area contributed by atoms with Crippen LogP contribution in [0, 0.1) is 17.0 Å². The molecule has 1 aliphatic heterocycles. The van der Waals surface area contributed by atoms with Crippen molar-refractivity contribution in [2.45, 2.75) is 44.0 Å². The minimum atomic E-state index is -3.66. The molecule has 8 nitrogen and oxygen atoms in total. The Labute approximate surface area is 182 Å². The Morgan fingerprint density at radius 2 is 1.81 bits per heavy atom. The number of amides is 1. The number of sulfonamides is 1. The van der Waals surface area contributed by atoms with Crippen LogP contribution in [-0.2, 0) is 10.0 Å². The van der Waals surface area contributed by atoms with E-state index in [9.17, 15) is 23.3 Å². The van der Waals surface area contributed by atoms with Crippen LogP contribution in [-0.4, -0.2) is 48.6 Å². The summed E-state index contributed by atoms with van der Waals surface area (Å²) in [6.07, 6.45) is 2.69. The molecule has 1 fully saturated rings. The van der Waals surface area contributed by atoms with Crippen LogP contribution in [0.1, 0.15) is 53.7 Å². The van der Waals surface area contributed by atoms with E-state index in [4.69, 9.17) is 0 Å². The van der Waals surface area contributed by atoms with Crippen LogP contribution in [0.4, 0.5) is 5.69 Å². The third-order valence-electron chi connectivity index (χ3n) is 5.86. The van der Waals surface area contributed by atoms with E-state index in [1.165, 1.54) is 27.4 Å². The summed E-state index contributed by atoms with van der Waals surface area (Å²) in [5, 5.41) is 11.1. The molecule has 9 heteroatoms. The van der Waals surface area contributed by atoms with Gasteiger partial charge in [-0.1, -0.05) is 24.6 Å². The fraction of sp³-hybridized carbons (Fsp3) is 0.409. The minimum absolute atomic E-state index is 0.0454. The molecule has 1 amide bonds. The molecule has 1 heterocycles. The third kappa shape index (κ3) is 4.77. The number of carbonyl (C=O) groups is 1. The van der Waals surface area contributed by atoms with Crippen LogP contribution in [0.25, 0.3) is 0 Å². The monoisotopic (exact) mass is 445 g/mol. The molecular formula is C22H27N3O5S. The second-order valence-corrected chi connectivity index (χ2v) is 9.82. The summed E-state index contributed by atoms with van der Waals surface area (Å²) in [5.74, 6) is -0.341. The summed E-state index contributed by atoms with van der Waals surface area (Å²) in [6.45, 7) is 4.52. The van der Waals surface area contributed by atoms with Crippen molar-refractivity contribution in [1.82, 2.24) is 9.21 Å². The second-order valence-electron chi connectivity index (χ2n) is 7.89. The lowest BCUT2D eigenvalue weighted by Gasteiger charge is -2.27. The van der Waals surface area contributed by atoms with E-state index in [0.29, 0.717) is 29.8 Å². The normalized spacial score (nSPS) is 16.0. The lowest BCUT2D eigenvalue weighted by Crippen LogP contribution is -2.36. The first kappa shape index (κ1) is 22.9. The van der Waals surface area contributed by atoms with Crippen LogP contribution in [0.2, 0.25) is 0 Å². The summed E-state index contributed by atoms with van der Waals surface area (Å²) in [6, 6.07) is 10.4. The van der Waals surface area contributed by atoms with E-state index in [1.54, 1.807) is 45.2 Å². The highest BCUT2D eigenvalue weighted by molar-refractivity contribution is 7.89. The molecule has 0 aliphatic carbocycles. The van der Waals surface area contributed by atoms with Gasteiger partial charge in [0.15, 0.2) is 0 Å². The molecule has 0 radical (unpaired) electrons. The molecule has 1 unspecified atom stereocenters. The number of non-ortho nitro benzene ring substituents is 1. The summed E-state index contributed by atoms with van der Waals surface area (Å²) >= 11 is 0. The standard InChI is InChI=1S/C22H27N3O5S/c1-16-10-11-20(31(29,30)24-12-5-4-6-13-24)15-21(16)22(26)23(3)17(2)18-8-7-9-19(14-18)25(27)28/h7-11,14-15,17H,4-6,12-13H2,1-3H3. The lowest BCUT2D eigenvalue weighted by atomic mass is 10.0. The van der Waals surface area contributed by atoms with E-state index in [-0.39, 0.29) is 16.5 Å². The van der Waals surface area contributed by atoms with Crippen LogP contribution in [0.5, 0.6) is 0 Å². The third-order valence-corrected chi connectivity index (χ3v) is 7.75. The summed E-state index contributed by atoms with van der Waals surface area (Å²) in [5.41, 5.74) is 1.55. The van der Waals surface area contributed by atoms with E-state index in [2.05, 4.69) is 0 Å². The zero-order chi connectivity index (χ0) is 22.8. The Balaban J connectivity index is 1.89. The van der Waals surface area contributed by atoms with E-state index in [1.807, 2.05) is 0 Å². The molecule has 166 valence electrons. The smallest absolute Gasteiger partial charge is 0.269 e. The van der Waals surface area contributed by atoms with Crippen molar-refractivity contribution in [3.8, 4) is 0 Å². The quantitative estimate of drug-likeness (QED) is 0.496. The van der Waals surface area contributed by atoms with Gasteiger partial charge in [-0.25, -0.2) is 8.42 Å². The van der Waals surface area contributed by atoms with Crippen molar-refractivity contribution in [1.29, 1.82) is 0 Å². The van der Waals surface area contributed by atoms with Crippen molar-refractivity contribution in [3.63, 3.8) is 0 Å². The van der Waals surface area contributed by atoms with Gasteiger partial charge in [0.1, 0.15) is 0 Å². The number of nitro groups is 1. The Kier molecular flexibility index (Phi) is 6.76. The first-order chi connectivity index (χ1) is 14.6. The Morgan fingerprint density at radius 3 is 2.45 bits per heavy atom. The maximum atomic E-state index is 13.2. The van der Waals surface area contributed by atoms with Crippen molar-refractivity contribution in [2.75, 3.05) is 20.1 Å². The fourth-order valence-corrected chi connectivity index (χ4v) is 5.28. The summed E-state index contributed by atoms with van der Waals surface area (Å²) in [4.78, 5) is 25.4.